The van der Waals surface area contributed by atoms with Crippen molar-refractivity contribution in [1.82, 2.24) is 0 Å². The molecule has 3 aromatic rings. The number of hydrogen-bond acceptors (Lipinski definition) is 6. The van der Waals surface area contributed by atoms with Crippen LogP contribution in [0, 0.1) is 14.1 Å². The molecule has 8 heteroatoms. The van der Waals surface area contributed by atoms with Gasteiger partial charge < -0.3 is 14.2 Å². The first kappa shape index (κ1) is 23.4. The monoisotopic (exact) mass is 665 g/mol. The molecular formula is C25H17I2NO5. The maximum atomic E-state index is 12.6. The molecule has 0 N–H and O–H groups in total. The molecule has 1 aliphatic rings. The van der Waals surface area contributed by atoms with Gasteiger partial charge in [0.05, 0.1) is 16.2 Å². The van der Waals surface area contributed by atoms with E-state index in [1.165, 1.54) is 7.11 Å². The average Bonchev–Trinajstić information content (AvgIpc) is 3.15. The summed E-state index contributed by atoms with van der Waals surface area (Å²) in [7, 11) is 1.49. The molecule has 0 atom stereocenters. The standard InChI is InChI=1S/C25H17I2NO5/c1-14-4-3-5-17(10-14)24(29)32-22-19(27)11-15(13-21(22)31-2)12-20-25(30)33-23(28-20)16-6-8-18(26)9-7-16/h3-13H,1-2H3/b20-12-. The second-order valence-corrected chi connectivity index (χ2v) is 9.54. The van der Waals surface area contributed by atoms with Crippen LogP contribution in [0.3, 0.4) is 0 Å². The second kappa shape index (κ2) is 10.0. The van der Waals surface area contributed by atoms with Crippen LogP contribution in [0.4, 0.5) is 0 Å². The molecule has 1 aliphatic heterocycles. The zero-order chi connectivity index (χ0) is 23.5. The van der Waals surface area contributed by atoms with Gasteiger partial charge in [-0.3, -0.25) is 0 Å². The van der Waals surface area contributed by atoms with Crippen molar-refractivity contribution >= 4 is 69.1 Å². The molecule has 0 radical (unpaired) electrons. The van der Waals surface area contributed by atoms with E-state index in [0.717, 1.165) is 14.7 Å². The topological polar surface area (TPSA) is 74.2 Å². The van der Waals surface area contributed by atoms with Crippen molar-refractivity contribution in [2.45, 2.75) is 6.92 Å². The summed E-state index contributed by atoms with van der Waals surface area (Å²) in [6, 6.07) is 18.1. The fraction of sp³-hybridized carbons (Fsp3) is 0.0800. The van der Waals surface area contributed by atoms with Gasteiger partial charge in [0, 0.05) is 9.13 Å². The number of rotatable bonds is 5. The molecule has 33 heavy (non-hydrogen) atoms. The third-order valence-corrected chi connectivity index (χ3v) is 6.24. The first-order valence-electron chi connectivity index (χ1n) is 9.79. The van der Waals surface area contributed by atoms with Crippen LogP contribution in [0.25, 0.3) is 6.08 Å². The third kappa shape index (κ3) is 5.44. The first-order chi connectivity index (χ1) is 15.8. The lowest BCUT2D eigenvalue weighted by molar-refractivity contribution is -0.129. The van der Waals surface area contributed by atoms with E-state index in [0.29, 0.717) is 26.2 Å². The molecule has 1 heterocycles. The smallest absolute Gasteiger partial charge is 0.363 e. The van der Waals surface area contributed by atoms with Gasteiger partial charge >= 0.3 is 11.9 Å². The lowest BCUT2D eigenvalue weighted by atomic mass is 10.1. The lowest BCUT2D eigenvalue weighted by Gasteiger charge is -2.12. The largest absolute Gasteiger partial charge is 0.493 e. The van der Waals surface area contributed by atoms with Crippen molar-refractivity contribution in [1.29, 1.82) is 0 Å². The summed E-state index contributed by atoms with van der Waals surface area (Å²) in [5.41, 5.74) is 2.96. The normalized spacial score (nSPS) is 14.1. The number of nitrogens with zero attached hydrogens (tertiary/aromatic N) is 1. The molecule has 4 rings (SSSR count). The van der Waals surface area contributed by atoms with Gasteiger partial charge in [-0.05, 0) is 112 Å². The number of esters is 2. The number of aliphatic imine (C=N–C) groups is 1. The highest BCUT2D eigenvalue weighted by molar-refractivity contribution is 14.1. The van der Waals surface area contributed by atoms with Crippen LogP contribution in [0.1, 0.15) is 27.0 Å². The predicted molar refractivity (Wildman–Crippen MR) is 142 cm³/mol. The van der Waals surface area contributed by atoms with E-state index in [1.54, 1.807) is 36.4 Å². The number of halogens is 2. The van der Waals surface area contributed by atoms with Gasteiger partial charge in [-0.15, -0.1) is 0 Å². The number of benzene rings is 3. The van der Waals surface area contributed by atoms with E-state index in [1.807, 2.05) is 37.3 Å². The molecule has 0 unspecified atom stereocenters. The Labute approximate surface area is 217 Å². The summed E-state index contributed by atoms with van der Waals surface area (Å²) < 4.78 is 18.1. The van der Waals surface area contributed by atoms with Gasteiger partial charge in [0.25, 0.3) is 0 Å². The average molecular weight is 665 g/mol. The number of cyclic esters (lactones) is 1. The molecule has 0 spiro atoms. The third-order valence-electron chi connectivity index (χ3n) is 4.72. The molecule has 0 saturated heterocycles. The van der Waals surface area contributed by atoms with E-state index in [-0.39, 0.29) is 11.6 Å². The summed E-state index contributed by atoms with van der Waals surface area (Å²) in [6.45, 7) is 1.91. The van der Waals surface area contributed by atoms with Gasteiger partial charge in [0.2, 0.25) is 5.90 Å². The molecule has 0 amide bonds. The molecule has 3 aromatic carbocycles. The number of carbonyl (C=O) groups is 2. The van der Waals surface area contributed by atoms with E-state index >= 15 is 0 Å². The number of carbonyl (C=O) groups excluding carboxylic acids is 2. The summed E-state index contributed by atoms with van der Waals surface area (Å²) in [6.07, 6.45) is 1.61. The van der Waals surface area contributed by atoms with Crippen molar-refractivity contribution in [2.24, 2.45) is 4.99 Å². The quantitative estimate of drug-likeness (QED) is 0.150. The maximum Gasteiger partial charge on any atom is 0.363 e. The molecule has 166 valence electrons. The zero-order valence-electron chi connectivity index (χ0n) is 17.6. The minimum atomic E-state index is -0.535. The SMILES string of the molecule is COc1cc(/C=C2\N=C(c3ccc(I)cc3)OC2=O)cc(I)c1OC(=O)c1cccc(C)c1. The Morgan fingerprint density at radius 1 is 1.06 bits per heavy atom. The number of aryl methyl sites for hydroxylation is 1. The summed E-state index contributed by atoms with van der Waals surface area (Å²) in [5.74, 6) is -0.0839. The molecule has 0 aliphatic carbocycles. The minimum Gasteiger partial charge on any atom is -0.493 e. The predicted octanol–water partition coefficient (Wildman–Crippen LogP) is 5.78. The van der Waals surface area contributed by atoms with Crippen LogP contribution in [-0.4, -0.2) is 24.9 Å². The van der Waals surface area contributed by atoms with Crippen LogP contribution in [0.5, 0.6) is 11.5 Å². The second-order valence-electron chi connectivity index (χ2n) is 7.14. The number of ether oxygens (including phenoxy) is 3. The van der Waals surface area contributed by atoms with Crippen molar-refractivity contribution < 1.29 is 23.8 Å². The van der Waals surface area contributed by atoms with Crippen LogP contribution >= 0.6 is 45.2 Å². The summed E-state index contributed by atoms with van der Waals surface area (Å²) in [4.78, 5) is 29.3. The molecule has 0 fully saturated rings. The van der Waals surface area contributed by atoms with E-state index in [9.17, 15) is 9.59 Å². The highest BCUT2D eigenvalue weighted by atomic mass is 127. The highest BCUT2D eigenvalue weighted by Crippen LogP contribution is 2.35. The van der Waals surface area contributed by atoms with E-state index in [4.69, 9.17) is 14.2 Å². The molecular weight excluding hydrogens is 648 g/mol. The lowest BCUT2D eigenvalue weighted by Crippen LogP contribution is -2.10. The van der Waals surface area contributed by atoms with Crippen LogP contribution in [-0.2, 0) is 9.53 Å². The van der Waals surface area contributed by atoms with Crippen molar-refractivity contribution in [3.63, 3.8) is 0 Å². The van der Waals surface area contributed by atoms with Crippen molar-refractivity contribution in [3.05, 3.63) is 95.8 Å². The molecule has 6 nitrogen and oxygen atoms in total. The number of hydrogen-bond donors (Lipinski definition) is 0. The zero-order valence-corrected chi connectivity index (χ0v) is 21.9. The van der Waals surface area contributed by atoms with Crippen LogP contribution in [0.2, 0.25) is 0 Å². The number of methoxy groups -OCH3 is 1. The Hall–Kier alpha value is -2.73. The fourth-order valence-corrected chi connectivity index (χ4v) is 4.22. The van der Waals surface area contributed by atoms with Crippen molar-refractivity contribution in [2.75, 3.05) is 7.11 Å². The minimum absolute atomic E-state index is 0.172. The van der Waals surface area contributed by atoms with Crippen molar-refractivity contribution in [3.8, 4) is 11.5 Å². The summed E-state index contributed by atoms with van der Waals surface area (Å²) in [5, 5.41) is 0. The van der Waals surface area contributed by atoms with Crippen LogP contribution < -0.4 is 9.47 Å². The maximum absolute atomic E-state index is 12.6. The van der Waals surface area contributed by atoms with Gasteiger partial charge in [-0.1, -0.05) is 17.7 Å². The fourth-order valence-electron chi connectivity index (χ4n) is 3.13. The highest BCUT2D eigenvalue weighted by Gasteiger charge is 2.25. The molecule has 0 bridgehead atoms. The summed E-state index contributed by atoms with van der Waals surface area (Å²) >= 11 is 4.27. The Morgan fingerprint density at radius 2 is 1.82 bits per heavy atom. The Balaban J connectivity index is 1.62. The van der Waals surface area contributed by atoms with Crippen LogP contribution in [0.15, 0.2) is 71.4 Å². The first-order valence-corrected chi connectivity index (χ1v) is 11.9. The van der Waals surface area contributed by atoms with Gasteiger partial charge in [0.15, 0.2) is 17.2 Å². The Kier molecular flexibility index (Phi) is 7.13. The van der Waals surface area contributed by atoms with Gasteiger partial charge in [0.1, 0.15) is 0 Å². The van der Waals surface area contributed by atoms with E-state index in [2.05, 4.69) is 50.2 Å². The Bertz CT molecular complexity index is 1310. The van der Waals surface area contributed by atoms with Gasteiger partial charge in [-0.25, -0.2) is 14.6 Å². The van der Waals surface area contributed by atoms with Gasteiger partial charge in [-0.2, -0.15) is 0 Å². The van der Waals surface area contributed by atoms with E-state index < -0.39 is 11.9 Å². The molecule has 0 aromatic heterocycles. The Morgan fingerprint density at radius 3 is 2.52 bits per heavy atom. The molecule has 0 saturated carbocycles.